The van der Waals surface area contributed by atoms with E-state index in [2.05, 4.69) is 30.3 Å². The molecule has 2 amide bonds. The van der Waals surface area contributed by atoms with Crippen molar-refractivity contribution in [3.8, 4) is 5.88 Å². The number of carboxylic acids is 2. The summed E-state index contributed by atoms with van der Waals surface area (Å²) >= 11 is 0. The van der Waals surface area contributed by atoms with Crippen molar-refractivity contribution in [2.75, 3.05) is 43.9 Å². The summed E-state index contributed by atoms with van der Waals surface area (Å²) in [5.41, 5.74) is 8.18. The Morgan fingerprint density at radius 1 is 0.981 bits per heavy atom. The van der Waals surface area contributed by atoms with Gasteiger partial charge in [0.15, 0.2) is 11.2 Å². The monoisotopic (exact) mass is 750 g/mol. The molecule has 2 atom stereocenters. The predicted molar refractivity (Wildman–Crippen MR) is 191 cm³/mol. The Labute approximate surface area is 303 Å². The molecule has 4 aromatic rings. The van der Waals surface area contributed by atoms with Gasteiger partial charge in [0.2, 0.25) is 11.8 Å². The molecule has 53 heavy (non-hydrogen) atoms. The third-order valence-electron chi connectivity index (χ3n) is 8.28. The summed E-state index contributed by atoms with van der Waals surface area (Å²) < 4.78 is 21.3. The fourth-order valence-electron chi connectivity index (χ4n) is 4.99. The molecule has 0 saturated carbocycles. The van der Waals surface area contributed by atoms with Crippen LogP contribution in [-0.4, -0.2) is 108 Å². The predicted octanol–water partition coefficient (Wildman–Crippen LogP) is 2.60. The third-order valence-corrected chi connectivity index (χ3v) is 11.1. The lowest BCUT2D eigenvalue weighted by molar-refractivity contribution is -0.140. The second kappa shape index (κ2) is 16.6. The number of carbonyl (C=O) groups excluding carboxylic acids is 2. The lowest BCUT2D eigenvalue weighted by atomic mass is 10.1. The van der Waals surface area contributed by atoms with Gasteiger partial charge in [-0.2, -0.15) is 9.97 Å². The van der Waals surface area contributed by atoms with Gasteiger partial charge >= 0.3 is 25.6 Å². The maximum absolute atomic E-state index is 12.6. The van der Waals surface area contributed by atoms with Gasteiger partial charge in [0, 0.05) is 50.9 Å². The first-order valence-electron chi connectivity index (χ1n) is 16.4. The highest BCUT2D eigenvalue weighted by Gasteiger charge is 2.49. The molecule has 2 aromatic heterocycles. The molecule has 7 N–H and O–H groups in total. The van der Waals surface area contributed by atoms with E-state index >= 15 is 0 Å². The second-order valence-electron chi connectivity index (χ2n) is 12.1. The number of benzene rings is 2. The normalized spacial score (nSPS) is 14.9. The van der Waals surface area contributed by atoms with Crippen molar-refractivity contribution in [3.63, 3.8) is 0 Å². The Kier molecular flexibility index (Phi) is 12.0. The molecule has 2 unspecified atom stereocenters. The van der Waals surface area contributed by atoms with Crippen molar-refractivity contribution in [1.29, 1.82) is 0 Å². The van der Waals surface area contributed by atoms with Gasteiger partial charge in [-0.05, 0) is 43.2 Å². The van der Waals surface area contributed by atoms with Crippen molar-refractivity contribution in [2.24, 2.45) is 0 Å². The van der Waals surface area contributed by atoms with Crippen LogP contribution < -0.4 is 21.0 Å². The zero-order chi connectivity index (χ0) is 38.3. The van der Waals surface area contributed by atoms with E-state index in [4.69, 9.17) is 15.6 Å². The van der Waals surface area contributed by atoms with Crippen LogP contribution in [0.4, 0.5) is 16.4 Å². The summed E-state index contributed by atoms with van der Waals surface area (Å²) in [5.74, 6) is -3.57. The van der Waals surface area contributed by atoms with Crippen LogP contribution in [0, 0.1) is 0 Å². The summed E-state index contributed by atoms with van der Waals surface area (Å²) in [4.78, 5) is 64.2. The molecule has 4 heterocycles. The zero-order valence-corrected chi connectivity index (χ0v) is 29.7. The topological polar surface area (TPSA) is 266 Å². The fraction of sp³-hybridized carbons (Fsp3) is 0.333. The number of carbonyl (C=O) groups is 4. The van der Waals surface area contributed by atoms with Gasteiger partial charge in [0.05, 0.1) is 17.9 Å². The number of aromatic nitrogens is 4. The number of nitrogens with zero attached hydrogens (tertiary/aromatic N) is 7. The maximum atomic E-state index is 12.6. The number of anilines is 2. The van der Waals surface area contributed by atoms with Crippen molar-refractivity contribution >= 4 is 54.3 Å². The summed E-state index contributed by atoms with van der Waals surface area (Å²) in [7, 11) is -1.07. The molecule has 0 radical (unpaired) electrons. The van der Waals surface area contributed by atoms with Crippen molar-refractivity contribution < 1.29 is 43.8 Å². The molecule has 6 rings (SSSR count). The SMILES string of the molecule is CC(c1cnc2nc(N)nc(O)c2n1)N(C)c1ccc(C(=O)NC(CCC(=O)O)C(=O)O)cc1.O=C(NP(=O)(N1CC1)N1CC1)OCc1ccccc1. The number of amides is 2. The average Bonchev–Trinajstić information content (AvgIpc) is 4.06. The Hall–Kier alpha value is -5.91. The smallest absolute Gasteiger partial charge is 0.414 e. The highest BCUT2D eigenvalue weighted by atomic mass is 31.2. The lowest BCUT2D eigenvalue weighted by Gasteiger charge is -2.26. The highest BCUT2D eigenvalue weighted by Crippen LogP contribution is 2.56. The number of nitrogens with one attached hydrogen (secondary N) is 2. The minimum absolute atomic E-state index is 0.113. The van der Waals surface area contributed by atoms with Crippen molar-refractivity contribution in [1.82, 2.24) is 39.7 Å². The molecule has 2 saturated heterocycles. The highest BCUT2D eigenvalue weighted by molar-refractivity contribution is 7.58. The van der Waals surface area contributed by atoms with E-state index in [9.17, 15) is 34.0 Å². The molecule has 2 fully saturated rings. The fourth-order valence-corrected chi connectivity index (χ4v) is 7.19. The van der Waals surface area contributed by atoms with Crippen LogP contribution in [0.2, 0.25) is 0 Å². The minimum atomic E-state index is -2.88. The van der Waals surface area contributed by atoms with Gasteiger partial charge in [-0.15, -0.1) is 0 Å². The van der Waals surface area contributed by atoms with Crippen LogP contribution in [0.1, 0.15) is 47.4 Å². The zero-order valence-electron chi connectivity index (χ0n) is 28.8. The summed E-state index contributed by atoms with van der Waals surface area (Å²) in [6, 6.07) is 14.2. The molecule has 19 nitrogen and oxygen atoms in total. The van der Waals surface area contributed by atoms with Crippen LogP contribution in [0.3, 0.4) is 0 Å². The van der Waals surface area contributed by atoms with Crippen LogP contribution in [0.25, 0.3) is 11.2 Å². The van der Waals surface area contributed by atoms with Gasteiger partial charge in [-0.1, -0.05) is 30.3 Å². The molecule has 0 aliphatic carbocycles. The molecule has 2 aliphatic rings. The number of nitrogen functional groups attached to an aromatic ring is 1. The van der Waals surface area contributed by atoms with Gasteiger partial charge in [-0.3, -0.25) is 14.2 Å². The molecule has 0 spiro atoms. The Morgan fingerprint density at radius 3 is 2.21 bits per heavy atom. The first kappa shape index (κ1) is 38.3. The first-order valence-corrected chi connectivity index (χ1v) is 18.0. The van der Waals surface area contributed by atoms with Gasteiger partial charge < -0.3 is 36.0 Å². The molecular weight excluding hydrogens is 711 g/mol. The standard InChI is InChI=1S/C21H23N7O6.C12H16N3O3P/c1-10(14-9-23-17-16(24-14)19(32)27-21(22)26-17)28(2)12-5-3-11(4-6-12)18(31)25-13(20(33)34)7-8-15(29)30;16-12(18-10-11-4-2-1-3-5-11)13-19(17,14-6-7-14)15-8-9-15/h3-6,9-10,13H,7-8H2,1-2H3,(H,25,31)(H,29,30)(H,33,34)(H3,22,23,26,27,32);1-5H,6-10H2,(H,13,16,17). The quantitative estimate of drug-likeness (QED) is 0.0799. The number of aliphatic carboxylic acids is 2. The van der Waals surface area contributed by atoms with Crippen LogP contribution in [-0.2, 0) is 25.5 Å². The van der Waals surface area contributed by atoms with E-state index in [0.29, 0.717) is 5.69 Å². The Balaban J connectivity index is 0.000000239. The average molecular weight is 751 g/mol. The largest absolute Gasteiger partial charge is 0.492 e. The minimum Gasteiger partial charge on any atom is -0.492 e. The van der Waals surface area contributed by atoms with E-state index in [1.807, 2.05) is 42.2 Å². The molecule has 2 aromatic carbocycles. The van der Waals surface area contributed by atoms with E-state index in [1.165, 1.54) is 18.3 Å². The maximum Gasteiger partial charge on any atom is 0.414 e. The van der Waals surface area contributed by atoms with E-state index in [0.717, 1.165) is 37.4 Å². The first-order chi connectivity index (χ1) is 25.2. The van der Waals surface area contributed by atoms with E-state index in [-0.39, 0.29) is 54.0 Å². The number of nitrogens with two attached hydrogens (primary N) is 1. The van der Waals surface area contributed by atoms with E-state index < -0.39 is 37.6 Å². The second-order valence-corrected chi connectivity index (χ2v) is 14.6. The lowest BCUT2D eigenvalue weighted by Crippen LogP contribution is -2.41. The molecule has 280 valence electrons. The van der Waals surface area contributed by atoms with E-state index in [1.54, 1.807) is 28.5 Å². The van der Waals surface area contributed by atoms with Gasteiger partial charge in [-0.25, -0.2) is 34.0 Å². The summed E-state index contributed by atoms with van der Waals surface area (Å²) in [6.45, 7) is 5.14. The molecule has 20 heteroatoms. The van der Waals surface area contributed by atoms with Crippen molar-refractivity contribution in [2.45, 2.75) is 38.5 Å². The Morgan fingerprint density at radius 2 is 1.62 bits per heavy atom. The molecule has 0 bridgehead atoms. The molecule has 2 aliphatic heterocycles. The van der Waals surface area contributed by atoms with Crippen molar-refractivity contribution in [3.05, 3.63) is 77.6 Å². The van der Waals surface area contributed by atoms with Gasteiger partial charge in [0.25, 0.3) is 5.91 Å². The van der Waals surface area contributed by atoms with Crippen LogP contribution in [0.5, 0.6) is 5.88 Å². The third kappa shape index (κ3) is 10.1. The number of ether oxygens (including phenoxy) is 1. The number of carboxylic acid groups (broad SMARTS) is 2. The molecular formula is C33H39N10O9P. The summed E-state index contributed by atoms with van der Waals surface area (Å²) in [5, 5.41) is 32.8. The van der Waals surface area contributed by atoms with Gasteiger partial charge in [0.1, 0.15) is 12.6 Å². The number of hydrogen-bond acceptors (Lipinski definition) is 13. The Bertz CT molecular complexity index is 2000. The summed E-state index contributed by atoms with van der Waals surface area (Å²) in [6.07, 6.45) is 0.286. The van der Waals surface area contributed by atoms with Crippen LogP contribution in [0.15, 0.2) is 60.8 Å². The van der Waals surface area contributed by atoms with Crippen LogP contribution >= 0.6 is 7.59 Å². The number of rotatable bonds is 14. The number of fused-ring (bicyclic) bond motifs is 1. The number of aromatic hydroxyl groups is 1. The number of hydrogen-bond donors (Lipinski definition) is 6.